The lowest BCUT2D eigenvalue weighted by Crippen LogP contribution is -2.07. The third kappa shape index (κ3) is 3.53. The Bertz CT molecular complexity index is 303. The molecule has 1 aromatic rings. The Balaban J connectivity index is 2.61. The molecule has 15 heavy (non-hydrogen) atoms. The van der Waals surface area contributed by atoms with E-state index in [1.54, 1.807) is 6.20 Å². The molecule has 0 unspecified atom stereocenters. The summed E-state index contributed by atoms with van der Waals surface area (Å²) in [6, 6.07) is 0. The second-order valence-corrected chi connectivity index (χ2v) is 5.20. The van der Waals surface area contributed by atoms with Crippen molar-refractivity contribution in [2.75, 3.05) is 0 Å². The molecule has 2 nitrogen and oxygen atoms in total. The minimum atomic E-state index is 0.444. The van der Waals surface area contributed by atoms with E-state index in [2.05, 4.69) is 37.5 Å². The highest BCUT2D eigenvalue weighted by Gasteiger charge is 2.12. The molecule has 0 aliphatic carbocycles. The monoisotopic (exact) mass is 228 g/mol. The molecule has 0 radical (unpaired) electrons. The van der Waals surface area contributed by atoms with E-state index in [0.29, 0.717) is 5.92 Å². The first-order chi connectivity index (χ1) is 7.02. The van der Waals surface area contributed by atoms with Crippen molar-refractivity contribution in [2.24, 2.45) is 5.92 Å². The number of rotatable bonds is 5. The highest BCUT2D eigenvalue weighted by Crippen LogP contribution is 2.24. The van der Waals surface area contributed by atoms with Gasteiger partial charge in [0.1, 0.15) is 0 Å². The van der Waals surface area contributed by atoms with E-state index < -0.39 is 0 Å². The van der Waals surface area contributed by atoms with Crippen LogP contribution < -0.4 is 0 Å². The molecule has 1 rings (SSSR count). The van der Waals surface area contributed by atoms with Gasteiger partial charge in [-0.25, -0.2) is 0 Å². The van der Waals surface area contributed by atoms with Crippen LogP contribution in [0.2, 0.25) is 5.02 Å². The number of hydrogen-bond donors (Lipinski definition) is 0. The van der Waals surface area contributed by atoms with Gasteiger partial charge in [-0.05, 0) is 24.7 Å². The Kier molecular flexibility index (Phi) is 4.65. The van der Waals surface area contributed by atoms with Crippen LogP contribution in [0.25, 0.3) is 0 Å². The fraction of sp³-hybridized carbons (Fsp3) is 0.750. The Labute approximate surface area is 97.6 Å². The average molecular weight is 229 g/mol. The summed E-state index contributed by atoms with van der Waals surface area (Å²) in [5.41, 5.74) is 1.17. The molecule has 0 N–H and O–H groups in total. The largest absolute Gasteiger partial charge is 0.268 e. The number of hydrogen-bond acceptors (Lipinski definition) is 1. The first-order valence-electron chi connectivity index (χ1n) is 5.73. The Morgan fingerprint density at radius 3 is 2.53 bits per heavy atom. The molecule has 86 valence electrons. The fourth-order valence-electron chi connectivity index (χ4n) is 1.77. The quantitative estimate of drug-likeness (QED) is 0.742. The minimum absolute atomic E-state index is 0.444. The molecular weight excluding hydrogens is 208 g/mol. The van der Waals surface area contributed by atoms with Gasteiger partial charge < -0.3 is 0 Å². The van der Waals surface area contributed by atoms with Gasteiger partial charge in [-0.15, -0.1) is 0 Å². The fourth-order valence-corrected chi connectivity index (χ4v) is 2.13. The maximum atomic E-state index is 6.10. The Morgan fingerprint density at radius 1 is 1.33 bits per heavy atom. The molecule has 0 saturated carbocycles. The third-order valence-electron chi connectivity index (χ3n) is 2.53. The van der Waals surface area contributed by atoms with Crippen LogP contribution in [0.4, 0.5) is 0 Å². The van der Waals surface area contributed by atoms with Crippen LogP contribution >= 0.6 is 11.6 Å². The van der Waals surface area contributed by atoms with Crippen LogP contribution in [-0.4, -0.2) is 9.78 Å². The van der Waals surface area contributed by atoms with Crippen molar-refractivity contribution in [1.82, 2.24) is 9.78 Å². The average Bonchev–Trinajstić information content (AvgIpc) is 2.46. The summed E-state index contributed by atoms with van der Waals surface area (Å²) in [6.07, 6.45) is 4.18. The highest BCUT2D eigenvalue weighted by molar-refractivity contribution is 6.31. The summed E-state index contributed by atoms with van der Waals surface area (Å²) in [5, 5.41) is 5.12. The predicted octanol–water partition coefficient (Wildman–Crippen LogP) is 4.10. The zero-order valence-corrected chi connectivity index (χ0v) is 10.9. The van der Waals surface area contributed by atoms with E-state index in [1.165, 1.54) is 18.5 Å². The molecule has 0 aliphatic heterocycles. The van der Waals surface area contributed by atoms with Crippen LogP contribution in [0.3, 0.4) is 0 Å². The SMILES string of the molecule is CC(C)CCCn1ncc(Cl)c1C(C)C. The molecule has 0 aromatic carbocycles. The highest BCUT2D eigenvalue weighted by atomic mass is 35.5. The van der Waals surface area contributed by atoms with Gasteiger partial charge in [0.2, 0.25) is 0 Å². The number of aryl methyl sites for hydroxylation is 1. The van der Waals surface area contributed by atoms with E-state index >= 15 is 0 Å². The summed E-state index contributed by atoms with van der Waals surface area (Å²) in [4.78, 5) is 0. The van der Waals surface area contributed by atoms with Crippen LogP contribution in [0.1, 0.15) is 52.1 Å². The first-order valence-corrected chi connectivity index (χ1v) is 6.11. The van der Waals surface area contributed by atoms with E-state index in [9.17, 15) is 0 Å². The Hall–Kier alpha value is -0.500. The summed E-state index contributed by atoms with van der Waals surface area (Å²) in [7, 11) is 0. The van der Waals surface area contributed by atoms with Gasteiger partial charge in [0.25, 0.3) is 0 Å². The number of nitrogens with zero attached hydrogens (tertiary/aromatic N) is 2. The number of halogens is 1. The molecule has 0 amide bonds. The van der Waals surface area contributed by atoms with Crippen molar-refractivity contribution < 1.29 is 0 Å². The third-order valence-corrected chi connectivity index (χ3v) is 2.82. The van der Waals surface area contributed by atoms with Gasteiger partial charge in [0.05, 0.1) is 16.9 Å². The van der Waals surface area contributed by atoms with E-state index in [-0.39, 0.29) is 0 Å². The lowest BCUT2D eigenvalue weighted by molar-refractivity contribution is 0.475. The lowest BCUT2D eigenvalue weighted by Gasteiger charge is -2.11. The second kappa shape index (κ2) is 5.55. The van der Waals surface area contributed by atoms with Crippen molar-refractivity contribution in [2.45, 2.75) is 53.0 Å². The van der Waals surface area contributed by atoms with Crippen LogP contribution in [0.5, 0.6) is 0 Å². The maximum Gasteiger partial charge on any atom is 0.0820 e. The summed E-state index contributed by atoms with van der Waals surface area (Å²) in [5.74, 6) is 1.21. The molecule has 0 aliphatic rings. The van der Waals surface area contributed by atoms with E-state index in [0.717, 1.165) is 17.5 Å². The van der Waals surface area contributed by atoms with Crippen molar-refractivity contribution in [3.05, 3.63) is 16.9 Å². The predicted molar refractivity (Wildman–Crippen MR) is 65.4 cm³/mol. The summed E-state index contributed by atoms with van der Waals surface area (Å²) < 4.78 is 2.05. The van der Waals surface area contributed by atoms with Gasteiger partial charge in [-0.2, -0.15) is 5.10 Å². The molecule has 0 bridgehead atoms. The van der Waals surface area contributed by atoms with Gasteiger partial charge in [-0.3, -0.25) is 4.68 Å². The van der Waals surface area contributed by atoms with Crippen LogP contribution in [-0.2, 0) is 6.54 Å². The zero-order valence-electron chi connectivity index (χ0n) is 10.1. The molecule has 0 fully saturated rings. The maximum absolute atomic E-state index is 6.10. The summed E-state index contributed by atoms with van der Waals surface area (Å²) >= 11 is 6.10. The molecule has 1 heterocycles. The van der Waals surface area contributed by atoms with Gasteiger partial charge in [0.15, 0.2) is 0 Å². The Morgan fingerprint density at radius 2 is 2.00 bits per heavy atom. The van der Waals surface area contributed by atoms with E-state index in [1.807, 2.05) is 0 Å². The van der Waals surface area contributed by atoms with Crippen molar-refractivity contribution in [3.8, 4) is 0 Å². The standard InChI is InChI=1S/C12H21ClN2/c1-9(2)6-5-7-15-12(10(3)4)11(13)8-14-15/h8-10H,5-7H2,1-4H3. The van der Waals surface area contributed by atoms with Crippen molar-refractivity contribution >= 4 is 11.6 Å². The molecule has 3 heteroatoms. The summed E-state index contributed by atoms with van der Waals surface area (Å²) in [6.45, 7) is 9.79. The molecule has 1 aromatic heterocycles. The lowest BCUT2D eigenvalue weighted by atomic mass is 10.1. The smallest absolute Gasteiger partial charge is 0.0820 e. The number of aromatic nitrogens is 2. The second-order valence-electron chi connectivity index (χ2n) is 4.79. The van der Waals surface area contributed by atoms with Crippen LogP contribution in [0, 0.1) is 5.92 Å². The molecule has 0 spiro atoms. The minimum Gasteiger partial charge on any atom is -0.268 e. The van der Waals surface area contributed by atoms with Crippen molar-refractivity contribution in [1.29, 1.82) is 0 Å². The zero-order chi connectivity index (χ0) is 11.4. The van der Waals surface area contributed by atoms with Crippen molar-refractivity contribution in [3.63, 3.8) is 0 Å². The van der Waals surface area contributed by atoms with E-state index in [4.69, 9.17) is 11.6 Å². The molecular formula is C12H21ClN2. The molecule has 0 saturated heterocycles. The molecule has 0 atom stereocenters. The van der Waals surface area contributed by atoms with Gasteiger partial charge >= 0.3 is 0 Å². The topological polar surface area (TPSA) is 17.8 Å². The first kappa shape index (κ1) is 12.6. The van der Waals surface area contributed by atoms with Gasteiger partial charge in [-0.1, -0.05) is 39.3 Å². The normalized spacial score (nSPS) is 11.7. The van der Waals surface area contributed by atoms with Gasteiger partial charge in [0, 0.05) is 6.54 Å². The van der Waals surface area contributed by atoms with Crippen LogP contribution in [0.15, 0.2) is 6.20 Å².